The third-order valence-corrected chi connectivity index (χ3v) is 4.42. The average molecular weight is 511 g/mol. The number of nitrogens with two attached hydrogens (primary N) is 2. The summed E-state index contributed by atoms with van der Waals surface area (Å²) in [5.41, 5.74) is 10.1. The number of nitrogens with one attached hydrogen (secondary N) is 4. The molecule has 0 saturated carbocycles. The summed E-state index contributed by atoms with van der Waals surface area (Å²) >= 11 is 0. The molecule has 196 valence electrons. The van der Waals surface area contributed by atoms with E-state index < -0.39 is 91.2 Å². The molecule has 0 aliphatic carbocycles. The Bertz CT molecular complexity index is 975. The Labute approximate surface area is 202 Å². The highest BCUT2D eigenvalue weighted by atomic mass is 16.4. The highest BCUT2D eigenvalue weighted by Gasteiger charge is 2.29. The van der Waals surface area contributed by atoms with Crippen LogP contribution >= 0.6 is 0 Å². The van der Waals surface area contributed by atoms with Gasteiger partial charge in [0, 0.05) is 25.1 Å². The topological polar surface area (TPSA) is 277 Å². The van der Waals surface area contributed by atoms with E-state index in [0.717, 1.165) is 17.1 Å². The monoisotopic (exact) mass is 511 g/mol. The van der Waals surface area contributed by atoms with Crippen LogP contribution in [-0.2, 0) is 43.2 Å². The third kappa shape index (κ3) is 10.4. The van der Waals surface area contributed by atoms with Crippen molar-refractivity contribution >= 4 is 53.2 Å². The molecule has 9 N–H and O–H groups in total. The zero-order valence-electron chi connectivity index (χ0n) is 18.8. The van der Waals surface area contributed by atoms with Crippen molar-refractivity contribution in [3.63, 3.8) is 0 Å². The average Bonchev–Trinajstić information content (AvgIpc) is 3.10. The molecule has 1 aliphatic heterocycles. The fourth-order valence-corrected chi connectivity index (χ4v) is 2.76. The second-order valence-corrected chi connectivity index (χ2v) is 7.32. The van der Waals surface area contributed by atoms with Crippen LogP contribution in [0.2, 0.25) is 0 Å². The van der Waals surface area contributed by atoms with Gasteiger partial charge in [0.2, 0.25) is 35.4 Å². The summed E-state index contributed by atoms with van der Waals surface area (Å²) in [5, 5.41) is 17.0. The number of primary amides is 2. The van der Waals surface area contributed by atoms with Crippen LogP contribution < -0.4 is 32.7 Å². The lowest BCUT2D eigenvalue weighted by molar-refractivity contribution is -0.139. The second kappa shape index (κ2) is 13.8. The maximum absolute atomic E-state index is 12.6. The molecule has 0 radical (unpaired) electrons. The molecule has 0 aromatic rings. The van der Waals surface area contributed by atoms with Crippen LogP contribution in [0.1, 0.15) is 19.3 Å². The summed E-state index contributed by atoms with van der Waals surface area (Å²) in [6, 6.07) is -3.24. The Morgan fingerprint density at radius 2 is 1.31 bits per heavy atom. The number of rotatable bonds is 15. The smallest absolute Gasteiger partial charge is 0.322 e. The first-order chi connectivity index (χ1) is 16.8. The predicted octanol–water partition coefficient (Wildman–Crippen LogP) is -5.66. The molecule has 36 heavy (non-hydrogen) atoms. The first-order valence-corrected chi connectivity index (χ1v) is 10.3. The molecule has 0 bridgehead atoms. The highest BCUT2D eigenvalue weighted by molar-refractivity contribution is 6.13. The Kier molecular flexibility index (Phi) is 11.2. The van der Waals surface area contributed by atoms with Gasteiger partial charge in [-0.1, -0.05) is 0 Å². The van der Waals surface area contributed by atoms with E-state index in [1.807, 2.05) is 5.32 Å². The Morgan fingerprint density at radius 3 is 1.81 bits per heavy atom. The molecule has 2 atom stereocenters. The van der Waals surface area contributed by atoms with Crippen LogP contribution in [0.4, 0.5) is 0 Å². The van der Waals surface area contributed by atoms with Crippen LogP contribution in [-0.4, -0.2) is 95.0 Å². The molecule has 0 aromatic carbocycles. The fraction of sp³-hybridized carbons (Fsp3) is 0.421. The summed E-state index contributed by atoms with van der Waals surface area (Å²) in [6.45, 7) is -1.71. The molecule has 0 aromatic heterocycles. The van der Waals surface area contributed by atoms with Gasteiger partial charge in [-0.25, -0.2) is 0 Å². The predicted molar refractivity (Wildman–Crippen MR) is 116 cm³/mol. The van der Waals surface area contributed by atoms with Crippen molar-refractivity contribution in [1.82, 2.24) is 26.2 Å². The molecule has 0 spiro atoms. The fourth-order valence-electron chi connectivity index (χ4n) is 2.76. The molecule has 17 nitrogen and oxygen atoms in total. The van der Waals surface area contributed by atoms with Gasteiger partial charge in [0.25, 0.3) is 11.8 Å². The van der Waals surface area contributed by atoms with E-state index in [-0.39, 0.29) is 13.0 Å². The number of imide groups is 1. The number of carboxylic acid groups (broad SMARTS) is 1. The number of hydrogen-bond donors (Lipinski definition) is 7. The molecule has 1 rings (SSSR count). The molecule has 8 amide bonds. The van der Waals surface area contributed by atoms with Gasteiger partial charge in [-0.15, -0.1) is 0 Å². The Morgan fingerprint density at radius 1 is 0.778 bits per heavy atom. The molecular weight excluding hydrogens is 486 g/mol. The summed E-state index contributed by atoms with van der Waals surface area (Å²) < 4.78 is 0. The summed E-state index contributed by atoms with van der Waals surface area (Å²) in [7, 11) is 0. The van der Waals surface area contributed by atoms with E-state index in [1.165, 1.54) is 0 Å². The van der Waals surface area contributed by atoms with Crippen molar-refractivity contribution in [1.29, 1.82) is 0 Å². The van der Waals surface area contributed by atoms with Crippen LogP contribution in [0.15, 0.2) is 12.2 Å². The molecule has 0 saturated heterocycles. The second-order valence-electron chi connectivity index (χ2n) is 7.32. The van der Waals surface area contributed by atoms with Gasteiger partial charge in [-0.05, 0) is 0 Å². The van der Waals surface area contributed by atoms with E-state index >= 15 is 0 Å². The third-order valence-electron chi connectivity index (χ3n) is 4.42. The van der Waals surface area contributed by atoms with E-state index in [0.29, 0.717) is 0 Å². The highest BCUT2D eigenvalue weighted by Crippen LogP contribution is 2.04. The number of amides is 8. The SMILES string of the molecule is NC(=O)C[C@H](NC(=O)CNC(=O)CCN1C(=O)C=CC1=O)C(=O)N[C@@H](CC(N)=O)C(=O)NCC(=O)O. The van der Waals surface area contributed by atoms with Crippen molar-refractivity contribution in [2.24, 2.45) is 11.5 Å². The maximum atomic E-state index is 12.6. The normalized spacial score (nSPS) is 13.9. The molecule has 0 fully saturated rings. The Hall–Kier alpha value is -4.83. The van der Waals surface area contributed by atoms with E-state index in [1.54, 1.807) is 0 Å². The van der Waals surface area contributed by atoms with Gasteiger partial charge >= 0.3 is 5.97 Å². The number of hydrogen-bond acceptors (Lipinski definition) is 9. The van der Waals surface area contributed by atoms with Gasteiger partial charge in [0.1, 0.15) is 18.6 Å². The van der Waals surface area contributed by atoms with Crippen molar-refractivity contribution in [3.8, 4) is 0 Å². The minimum absolute atomic E-state index is 0.226. The van der Waals surface area contributed by atoms with Gasteiger partial charge in [-0.3, -0.25) is 48.1 Å². The summed E-state index contributed by atoms with van der Waals surface area (Å²) in [6.07, 6.45) is 0.334. The first kappa shape index (κ1) is 29.2. The van der Waals surface area contributed by atoms with Crippen molar-refractivity contribution in [2.45, 2.75) is 31.3 Å². The number of carboxylic acids is 1. The molecule has 17 heteroatoms. The summed E-state index contributed by atoms with van der Waals surface area (Å²) in [5.74, 6) is -8.44. The Balaban J connectivity index is 2.68. The summed E-state index contributed by atoms with van der Waals surface area (Å²) in [4.78, 5) is 106. The van der Waals surface area contributed by atoms with Crippen molar-refractivity contribution in [2.75, 3.05) is 19.6 Å². The van der Waals surface area contributed by atoms with E-state index in [4.69, 9.17) is 16.6 Å². The van der Waals surface area contributed by atoms with Crippen LogP contribution in [0.25, 0.3) is 0 Å². The molecule has 1 aliphatic rings. The minimum Gasteiger partial charge on any atom is -0.480 e. The number of carbonyl (C=O) groups is 9. The van der Waals surface area contributed by atoms with Gasteiger partial charge in [0.05, 0.1) is 19.4 Å². The lowest BCUT2D eigenvalue weighted by Crippen LogP contribution is -2.56. The molecular formula is C19H25N7O10. The van der Waals surface area contributed by atoms with Gasteiger partial charge in [-0.2, -0.15) is 0 Å². The number of nitrogens with zero attached hydrogens (tertiary/aromatic N) is 1. The number of carbonyl (C=O) groups excluding carboxylic acids is 8. The quantitative estimate of drug-likeness (QED) is 0.102. The van der Waals surface area contributed by atoms with Gasteiger partial charge < -0.3 is 37.8 Å². The first-order valence-electron chi connectivity index (χ1n) is 10.3. The standard InChI is InChI=1S/C19H25N7O10/c20-11(27)5-9(18(35)23-8-17(33)34)25-19(36)10(6-12(21)28)24-14(30)7-22-13(29)3-4-26-15(31)1-2-16(26)32/h1-2,9-10H,3-8H2,(H2,20,27)(H2,21,28)(H,22,29)(H,23,35)(H,24,30)(H,25,36)(H,33,34)/t9-,10-/m0/s1. The van der Waals surface area contributed by atoms with Gasteiger partial charge in [0.15, 0.2) is 0 Å². The zero-order valence-corrected chi connectivity index (χ0v) is 18.8. The lowest BCUT2D eigenvalue weighted by Gasteiger charge is -2.22. The minimum atomic E-state index is -1.62. The maximum Gasteiger partial charge on any atom is 0.322 e. The van der Waals surface area contributed by atoms with Crippen molar-refractivity contribution in [3.05, 3.63) is 12.2 Å². The van der Waals surface area contributed by atoms with Crippen LogP contribution in [0.5, 0.6) is 0 Å². The zero-order chi connectivity index (χ0) is 27.4. The van der Waals surface area contributed by atoms with Crippen LogP contribution in [0, 0.1) is 0 Å². The van der Waals surface area contributed by atoms with E-state index in [9.17, 15) is 43.2 Å². The largest absolute Gasteiger partial charge is 0.480 e. The van der Waals surface area contributed by atoms with Crippen molar-refractivity contribution < 1.29 is 48.3 Å². The lowest BCUT2D eigenvalue weighted by atomic mass is 10.1. The molecule has 0 unspecified atom stereocenters. The van der Waals surface area contributed by atoms with Crippen LogP contribution in [0.3, 0.4) is 0 Å². The number of aliphatic carboxylic acids is 1. The van der Waals surface area contributed by atoms with E-state index in [2.05, 4.69) is 16.0 Å². The molecule has 1 heterocycles.